The number of carbonyl (C=O) groups is 1. The predicted molar refractivity (Wildman–Crippen MR) is 63.5 cm³/mol. The number of aryl methyl sites for hydroxylation is 2. The summed E-state index contributed by atoms with van der Waals surface area (Å²) in [5, 5.41) is 9.23. The summed E-state index contributed by atoms with van der Waals surface area (Å²) in [4.78, 5) is 15.1. The van der Waals surface area contributed by atoms with Crippen LogP contribution < -0.4 is 0 Å². The molecule has 0 aliphatic heterocycles. The molecular weight excluding hydrogens is 257 g/mol. The van der Waals surface area contributed by atoms with Gasteiger partial charge in [0, 0.05) is 0 Å². The van der Waals surface area contributed by atoms with Crippen molar-refractivity contribution in [3.05, 3.63) is 41.0 Å². The van der Waals surface area contributed by atoms with Crippen molar-refractivity contribution < 1.29 is 18.7 Å². The molecule has 1 aromatic carbocycles. The second kappa shape index (κ2) is 4.81. The van der Waals surface area contributed by atoms with Crippen LogP contribution in [0.2, 0.25) is 0 Å². The second-order valence-corrected chi connectivity index (χ2v) is 4.61. The van der Waals surface area contributed by atoms with Gasteiger partial charge in [-0.15, -0.1) is 0 Å². The molecule has 0 saturated heterocycles. The minimum atomic E-state index is -1.18. The van der Waals surface area contributed by atoms with Gasteiger partial charge in [-0.05, 0) is 37.7 Å². The lowest BCUT2D eigenvalue weighted by Gasteiger charge is -2.03. The normalized spacial score (nSPS) is 10.6. The molecule has 1 aromatic heterocycles. The first kappa shape index (κ1) is 12.6. The number of aromatic nitrogens is 1. The van der Waals surface area contributed by atoms with Crippen LogP contribution in [0.15, 0.2) is 32.7 Å². The Morgan fingerprint density at radius 3 is 2.72 bits per heavy atom. The lowest BCUT2D eigenvalue weighted by Crippen LogP contribution is -2.00. The van der Waals surface area contributed by atoms with Gasteiger partial charge in [-0.1, -0.05) is 6.07 Å². The SMILES string of the molecule is Cc1nc(Sc2c(F)cccc2C(=O)O)oc1C. The van der Waals surface area contributed by atoms with E-state index in [1.165, 1.54) is 18.2 Å². The molecule has 0 aliphatic carbocycles. The van der Waals surface area contributed by atoms with Gasteiger partial charge in [0.2, 0.25) is 0 Å². The first-order valence-electron chi connectivity index (χ1n) is 5.12. The van der Waals surface area contributed by atoms with Gasteiger partial charge in [-0.2, -0.15) is 0 Å². The Bertz CT molecular complexity index is 590. The molecule has 2 aromatic rings. The third-order valence-corrected chi connectivity index (χ3v) is 3.36. The molecule has 18 heavy (non-hydrogen) atoms. The largest absolute Gasteiger partial charge is 0.478 e. The van der Waals surface area contributed by atoms with Crippen LogP contribution >= 0.6 is 11.8 Å². The highest BCUT2D eigenvalue weighted by atomic mass is 32.2. The van der Waals surface area contributed by atoms with Gasteiger partial charge in [-0.25, -0.2) is 14.2 Å². The van der Waals surface area contributed by atoms with E-state index in [2.05, 4.69) is 4.98 Å². The second-order valence-electron chi connectivity index (χ2n) is 3.65. The van der Waals surface area contributed by atoms with Gasteiger partial charge < -0.3 is 9.52 Å². The van der Waals surface area contributed by atoms with Crippen LogP contribution in [0.3, 0.4) is 0 Å². The zero-order chi connectivity index (χ0) is 13.3. The van der Waals surface area contributed by atoms with E-state index in [9.17, 15) is 9.18 Å². The fraction of sp³-hybridized carbons (Fsp3) is 0.167. The fourth-order valence-corrected chi connectivity index (χ4v) is 2.31. The summed E-state index contributed by atoms with van der Waals surface area (Å²) in [5.74, 6) is -1.16. The van der Waals surface area contributed by atoms with Crippen molar-refractivity contribution in [3.8, 4) is 0 Å². The van der Waals surface area contributed by atoms with E-state index in [1.807, 2.05) is 0 Å². The molecule has 0 bridgehead atoms. The number of carboxylic acid groups (broad SMARTS) is 1. The van der Waals surface area contributed by atoms with Crippen LogP contribution in [0.5, 0.6) is 0 Å². The highest BCUT2D eigenvalue weighted by Gasteiger charge is 2.18. The maximum atomic E-state index is 13.6. The summed E-state index contributed by atoms with van der Waals surface area (Å²) in [6, 6.07) is 3.91. The summed E-state index contributed by atoms with van der Waals surface area (Å²) < 4.78 is 19.0. The Labute approximate surface area is 107 Å². The van der Waals surface area contributed by atoms with Crippen molar-refractivity contribution >= 4 is 17.7 Å². The monoisotopic (exact) mass is 267 g/mol. The van der Waals surface area contributed by atoms with Crippen molar-refractivity contribution in [3.63, 3.8) is 0 Å². The molecule has 1 heterocycles. The van der Waals surface area contributed by atoms with Gasteiger partial charge in [0.25, 0.3) is 5.22 Å². The maximum absolute atomic E-state index is 13.6. The van der Waals surface area contributed by atoms with Crippen molar-refractivity contribution in [2.75, 3.05) is 0 Å². The van der Waals surface area contributed by atoms with Crippen LogP contribution in [-0.2, 0) is 0 Å². The Morgan fingerprint density at radius 2 is 2.17 bits per heavy atom. The third kappa shape index (κ3) is 2.38. The van der Waals surface area contributed by atoms with Crippen LogP contribution in [0, 0.1) is 19.7 Å². The number of aromatic carboxylic acids is 1. The molecule has 94 valence electrons. The van der Waals surface area contributed by atoms with Gasteiger partial charge in [0.05, 0.1) is 16.2 Å². The fourth-order valence-electron chi connectivity index (χ4n) is 1.36. The van der Waals surface area contributed by atoms with E-state index >= 15 is 0 Å². The molecule has 0 aliphatic rings. The summed E-state index contributed by atoms with van der Waals surface area (Å²) in [5.41, 5.74) is 0.597. The van der Waals surface area contributed by atoms with E-state index in [0.717, 1.165) is 11.8 Å². The molecule has 0 radical (unpaired) electrons. The van der Waals surface area contributed by atoms with Gasteiger partial charge >= 0.3 is 5.97 Å². The van der Waals surface area contributed by atoms with Crippen molar-refractivity contribution in [2.24, 2.45) is 0 Å². The summed E-state index contributed by atoms with van der Waals surface area (Å²) in [6.45, 7) is 3.51. The summed E-state index contributed by atoms with van der Waals surface area (Å²) in [6.07, 6.45) is 0. The molecule has 4 nitrogen and oxygen atoms in total. The maximum Gasteiger partial charge on any atom is 0.336 e. The van der Waals surface area contributed by atoms with Gasteiger partial charge in [0.1, 0.15) is 11.6 Å². The van der Waals surface area contributed by atoms with Crippen LogP contribution in [0.25, 0.3) is 0 Å². The number of hydrogen-bond acceptors (Lipinski definition) is 4. The zero-order valence-electron chi connectivity index (χ0n) is 9.73. The number of halogens is 1. The van der Waals surface area contributed by atoms with E-state index in [-0.39, 0.29) is 15.7 Å². The third-order valence-electron chi connectivity index (χ3n) is 2.40. The topological polar surface area (TPSA) is 63.3 Å². The molecule has 0 atom stereocenters. The number of rotatable bonds is 3. The number of nitrogens with zero attached hydrogens (tertiary/aromatic N) is 1. The lowest BCUT2D eigenvalue weighted by atomic mass is 10.2. The first-order chi connectivity index (χ1) is 8.49. The quantitative estimate of drug-likeness (QED) is 0.924. The molecule has 0 unspecified atom stereocenters. The number of benzene rings is 1. The molecule has 2 rings (SSSR count). The van der Waals surface area contributed by atoms with E-state index < -0.39 is 11.8 Å². The van der Waals surface area contributed by atoms with Crippen molar-refractivity contribution in [1.82, 2.24) is 4.98 Å². The van der Waals surface area contributed by atoms with Crippen LogP contribution in [0.1, 0.15) is 21.8 Å². The minimum Gasteiger partial charge on any atom is -0.478 e. The molecule has 6 heteroatoms. The average molecular weight is 267 g/mol. The smallest absolute Gasteiger partial charge is 0.336 e. The number of carboxylic acids is 1. The highest BCUT2D eigenvalue weighted by Crippen LogP contribution is 2.33. The minimum absolute atomic E-state index is 0.00579. The highest BCUT2D eigenvalue weighted by molar-refractivity contribution is 7.99. The standard InChI is InChI=1S/C12H10FNO3S/c1-6-7(2)17-12(14-6)18-10-8(11(15)16)4-3-5-9(10)13/h3-5H,1-2H3,(H,15,16). The van der Waals surface area contributed by atoms with Gasteiger partial charge in [-0.3, -0.25) is 0 Å². The van der Waals surface area contributed by atoms with Crippen LogP contribution in [-0.4, -0.2) is 16.1 Å². The van der Waals surface area contributed by atoms with Gasteiger partial charge in [0.15, 0.2) is 0 Å². The molecule has 0 spiro atoms. The zero-order valence-corrected chi connectivity index (χ0v) is 10.5. The van der Waals surface area contributed by atoms with E-state index in [0.29, 0.717) is 11.5 Å². The first-order valence-corrected chi connectivity index (χ1v) is 5.94. The average Bonchev–Trinajstić information content (AvgIpc) is 2.60. The van der Waals surface area contributed by atoms with Crippen molar-refractivity contribution in [1.29, 1.82) is 0 Å². The van der Waals surface area contributed by atoms with Crippen molar-refractivity contribution in [2.45, 2.75) is 24.0 Å². The Hall–Kier alpha value is -1.82. The Kier molecular flexibility index (Phi) is 3.38. The molecular formula is C12H10FNO3S. The molecule has 0 saturated carbocycles. The molecule has 0 fully saturated rings. The van der Waals surface area contributed by atoms with Crippen LogP contribution in [0.4, 0.5) is 4.39 Å². The Morgan fingerprint density at radius 1 is 1.44 bits per heavy atom. The number of hydrogen-bond donors (Lipinski definition) is 1. The lowest BCUT2D eigenvalue weighted by molar-refractivity contribution is 0.0692. The molecule has 0 amide bonds. The summed E-state index contributed by atoms with van der Waals surface area (Å²) >= 11 is 0.871. The Balaban J connectivity index is 2.42. The van der Waals surface area contributed by atoms with E-state index in [1.54, 1.807) is 13.8 Å². The number of oxazole rings is 1. The predicted octanol–water partition coefficient (Wildman–Crippen LogP) is 3.28. The molecule has 1 N–H and O–H groups in total. The summed E-state index contributed by atoms with van der Waals surface area (Å²) in [7, 11) is 0. The van der Waals surface area contributed by atoms with E-state index in [4.69, 9.17) is 9.52 Å².